The average Bonchev–Trinajstić information content (AvgIpc) is 2.55. The van der Waals surface area contributed by atoms with Gasteiger partial charge in [0.1, 0.15) is 0 Å². The maximum Gasteiger partial charge on any atom is 0.356 e. The van der Waals surface area contributed by atoms with Crippen molar-refractivity contribution < 1.29 is 22.3 Å². The first-order chi connectivity index (χ1) is 11.4. The van der Waals surface area contributed by atoms with Crippen molar-refractivity contribution >= 4 is 0 Å². The Morgan fingerprint density at radius 2 is 1.75 bits per heavy atom. The van der Waals surface area contributed by atoms with E-state index in [-0.39, 0.29) is 17.9 Å². The highest BCUT2D eigenvalue weighted by Gasteiger charge is 2.35. The average molecular weight is 344 g/mol. The minimum absolute atomic E-state index is 0.0510. The highest BCUT2D eigenvalue weighted by molar-refractivity contribution is 5.16. The van der Waals surface area contributed by atoms with E-state index in [0.717, 1.165) is 50.7 Å². The van der Waals surface area contributed by atoms with Crippen molar-refractivity contribution in [1.29, 1.82) is 0 Å². The van der Waals surface area contributed by atoms with Gasteiger partial charge >= 0.3 is 6.11 Å². The van der Waals surface area contributed by atoms with E-state index in [1.54, 1.807) is 0 Å². The lowest BCUT2D eigenvalue weighted by molar-refractivity contribution is -0.256. The van der Waals surface area contributed by atoms with Crippen molar-refractivity contribution in [2.75, 3.05) is 0 Å². The van der Waals surface area contributed by atoms with E-state index in [2.05, 4.69) is 11.3 Å². The highest BCUT2D eigenvalue weighted by Crippen LogP contribution is 2.38. The highest BCUT2D eigenvalue weighted by atomic mass is 19.3. The normalized spacial score (nSPS) is 21.7. The monoisotopic (exact) mass is 344 g/mol. The molecule has 1 fully saturated rings. The number of benzene rings is 1. The molecule has 0 spiro atoms. The van der Waals surface area contributed by atoms with Crippen LogP contribution in [0.5, 0.6) is 0 Å². The first-order valence-electron chi connectivity index (χ1n) is 8.46. The first-order valence-corrected chi connectivity index (χ1v) is 8.46. The van der Waals surface area contributed by atoms with Crippen LogP contribution >= 0.6 is 0 Å². The summed E-state index contributed by atoms with van der Waals surface area (Å²) in [6, 6.07) is 3.05. The van der Waals surface area contributed by atoms with Gasteiger partial charge in [0, 0.05) is 6.42 Å². The van der Waals surface area contributed by atoms with Gasteiger partial charge in [-0.2, -0.15) is 8.78 Å². The molecule has 1 aliphatic carbocycles. The fourth-order valence-corrected chi connectivity index (χ4v) is 3.29. The molecule has 0 N–H and O–H groups in total. The van der Waals surface area contributed by atoms with E-state index < -0.39 is 24.3 Å². The van der Waals surface area contributed by atoms with Crippen LogP contribution in [-0.2, 0) is 11.3 Å². The third-order valence-corrected chi connectivity index (χ3v) is 4.71. The van der Waals surface area contributed by atoms with E-state index in [1.807, 2.05) is 6.08 Å². The van der Waals surface area contributed by atoms with E-state index in [4.69, 9.17) is 0 Å². The lowest BCUT2D eigenvalue weighted by Gasteiger charge is -2.30. The SMILES string of the molecule is C=CCCC1CCC(CC(F)(F)OCc2ccc(F)c(F)c2)CC1. The number of allylic oxidation sites excluding steroid dienone is 1. The molecule has 0 aliphatic heterocycles. The van der Waals surface area contributed by atoms with Gasteiger partial charge in [-0.3, -0.25) is 0 Å². The lowest BCUT2D eigenvalue weighted by Crippen LogP contribution is -2.27. The van der Waals surface area contributed by atoms with Crippen LogP contribution in [0.4, 0.5) is 17.6 Å². The maximum atomic E-state index is 14.0. The quantitative estimate of drug-likeness (QED) is 0.401. The number of hydrogen-bond donors (Lipinski definition) is 0. The van der Waals surface area contributed by atoms with Crippen molar-refractivity contribution in [1.82, 2.24) is 0 Å². The van der Waals surface area contributed by atoms with E-state index in [9.17, 15) is 17.6 Å². The van der Waals surface area contributed by atoms with Gasteiger partial charge in [-0.25, -0.2) is 8.78 Å². The number of alkyl halides is 2. The van der Waals surface area contributed by atoms with Crippen LogP contribution in [0.25, 0.3) is 0 Å². The molecule has 2 rings (SSSR count). The predicted octanol–water partition coefficient (Wildman–Crippen LogP) is 6.24. The predicted molar refractivity (Wildman–Crippen MR) is 85.6 cm³/mol. The molecule has 24 heavy (non-hydrogen) atoms. The van der Waals surface area contributed by atoms with E-state index >= 15 is 0 Å². The number of ether oxygens (including phenoxy) is 1. The summed E-state index contributed by atoms with van der Waals surface area (Å²) in [7, 11) is 0. The summed E-state index contributed by atoms with van der Waals surface area (Å²) < 4.78 is 58.5. The molecule has 0 radical (unpaired) electrons. The molecule has 1 saturated carbocycles. The molecule has 134 valence electrons. The molecule has 0 amide bonds. The maximum absolute atomic E-state index is 14.0. The van der Waals surface area contributed by atoms with Gasteiger partial charge in [0.2, 0.25) is 0 Å². The van der Waals surface area contributed by atoms with Crippen LogP contribution < -0.4 is 0 Å². The van der Waals surface area contributed by atoms with Gasteiger partial charge in [-0.05, 0) is 55.2 Å². The number of halogens is 4. The van der Waals surface area contributed by atoms with Crippen LogP contribution in [0.3, 0.4) is 0 Å². The molecule has 0 unspecified atom stereocenters. The summed E-state index contributed by atoms with van der Waals surface area (Å²) >= 11 is 0. The summed E-state index contributed by atoms with van der Waals surface area (Å²) in [6.45, 7) is 3.27. The summed E-state index contributed by atoms with van der Waals surface area (Å²) in [4.78, 5) is 0. The topological polar surface area (TPSA) is 9.23 Å². The standard InChI is InChI=1S/C19H24F4O/c1-2-3-4-14-5-7-15(8-6-14)12-19(22,23)24-13-16-9-10-17(20)18(21)11-16/h2,9-11,14-15H,1,3-8,12-13H2. The third kappa shape index (κ3) is 5.93. The molecule has 1 aliphatic rings. The summed E-state index contributed by atoms with van der Waals surface area (Å²) in [5, 5.41) is 0. The Morgan fingerprint density at radius 3 is 2.38 bits per heavy atom. The van der Waals surface area contributed by atoms with Crippen molar-refractivity contribution in [3.63, 3.8) is 0 Å². The molecular formula is C19H24F4O. The first kappa shape index (κ1) is 19.0. The third-order valence-electron chi connectivity index (χ3n) is 4.71. The molecule has 5 heteroatoms. The second-order valence-electron chi connectivity index (χ2n) is 6.63. The van der Waals surface area contributed by atoms with Crippen molar-refractivity contribution in [3.8, 4) is 0 Å². The fourth-order valence-electron chi connectivity index (χ4n) is 3.29. The number of rotatable bonds is 8. The summed E-state index contributed by atoms with van der Waals surface area (Å²) in [5.74, 6) is -1.50. The van der Waals surface area contributed by atoms with Crippen LogP contribution in [0.15, 0.2) is 30.9 Å². The molecule has 1 aromatic carbocycles. The Kier molecular flexibility index (Phi) is 6.84. The Morgan fingerprint density at radius 1 is 1.08 bits per heavy atom. The lowest BCUT2D eigenvalue weighted by atomic mass is 9.78. The van der Waals surface area contributed by atoms with Gasteiger partial charge in [0.25, 0.3) is 0 Å². The Bertz CT molecular complexity index is 536. The van der Waals surface area contributed by atoms with Crippen molar-refractivity contribution in [2.24, 2.45) is 11.8 Å². The van der Waals surface area contributed by atoms with Crippen LogP contribution in [0.2, 0.25) is 0 Å². The second kappa shape index (κ2) is 8.65. The van der Waals surface area contributed by atoms with Crippen LogP contribution in [0.1, 0.15) is 50.5 Å². The Labute approximate surface area is 140 Å². The summed E-state index contributed by atoms with van der Waals surface area (Å²) in [6.07, 6.45) is 3.90. The minimum Gasteiger partial charge on any atom is -0.316 e. The van der Waals surface area contributed by atoms with E-state index in [1.165, 1.54) is 6.07 Å². The zero-order valence-corrected chi connectivity index (χ0v) is 13.7. The molecule has 0 atom stereocenters. The van der Waals surface area contributed by atoms with Gasteiger partial charge in [0.15, 0.2) is 11.6 Å². The van der Waals surface area contributed by atoms with Gasteiger partial charge in [-0.15, -0.1) is 6.58 Å². The largest absolute Gasteiger partial charge is 0.356 e. The zero-order chi connectivity index (χ0) is 17.6. The number of hydrogen-bond acceptors (Lipinski definition) is 1. The minimum atomic E-state index is -3.25. The Hall–Kier alpha value is -1.36. The van der Waals surface area contributed by atoms with Crippen LogP contribution in [-0.4, -0.2) is 6.11 Å². The van der Waals surface area contributed by atoms with Crippen LogP contribution in [0, 0.1) is 23.5 Å². The van der Waals surface area contributed by atoms with Crippen molar-refractivity contribution in [3.05, 3.63) is 48.1 Å². The van der Waals surface area contributed by atoms with Gasteiger partial charge in [-0.1, -0.05) is 25.0 Å². The van der Waals surface area contributed by atoms with Gasteiger partial charge in [0.05, 0.1) is 6.61 Å². The molecule has 0 aromatic heterocycles. The molecule has 0 heterocycles. The molecule has 1 aromatic rings. The molecule has 1 nitrogen and oxygen atoms in total. The van der Waals surface area contributed by atoms with E-state index in [0.29, 0.717) is 5.92 Å². The molecule has 0 bridgehead atoms. The van der Waals surface area contributed by atoms with Crippen molar-refractivity contribution in [2.45, 2.75) is 57.7 Å². The second-order valence-corrected chi connectivity index (χ2v) is 6.63. The van der Waals surface area contributed by atoms with Gasteiger partial charge < -0.3 is 4.74 Å². The fraction of sp³-hybridized carbons (Fsp3) is 0.579. The summed E-state index contributed by atoms with van der Waals surface area (Å²) in [5.41, 5.74) is 0.196. The Balaban J connectivity index is 1.77. The molecule has 0 saturated heterocycles. The zero-order valence-electron chi connectivity index (χ0n) is 13.7. The molecular weight excluding hydrogens is 320 g/mol. The smallest absolute Gasteiger partial charge is 0.316 e.